The number of halogens is 1. The maximum atomic E-state index is 11.2. The lowest BCUT2D eigenvalue weighted by atomic mass is 10.2. The minimum absolute atomic E-state index is 0.421. The molecule has 96 valence electrons. The Hall–Kier alpha value is -1.94. The number of aromatic nitrogens is 1. The van der Waals surface area contributed by atoms with Crippen LogP contribution in [0.1, 0.15) is 10.5 Å². The van der Waals surface area contributed by atoms with E-state index in [4.69, 9.17) is 22.1 Å². The minimum atomic E-state index is -0.478. The fourth-order valence-corrected chi connectivity index (χ4v) is 2.04. The summed E-state index contributed by atoms with van der Waals surface area (Å²) in [5, 5.41) is 1.25. The van der Waals surface area contributed by atoms with Crippen LogP contribution in [0.5, 0.6) is 5.75 Å². The van der Waals surface area contributed by atoms with E-state index in [0.29, 0.717) is 16.5 Å². The van der Waals surface area contributed by atoms with Crippen LogP contribution in [0.2, 0.25) is 5.02 Å². The summed E-state index contributed by atoms with van der Waals surface area (Å²) in [7, 11) is 3.32. The number of carbonyl (C=O) groups is 1. The van der Waals surface area contributed by atoms with E-state index in [1.165, 1.54) is 0 Å². The average molecular weight is 267 g/mol. The van der Waals surface area contributed by atoms with Crippen LogP contribution >= 0.6 is 11.6 Å². The maximum Gasteiger partial charge on any atom is 0.265 e. The summed E-state index contributed by atoms with van der Waals surface area (Å²) in [6, 6.07) is 5.27. The van der Waals surface area contributed by atoms with Gasteiger partial charge in [-0.3, -0.25) is 4.79 Å². The zero-order valence-electron chi connectivity index (χ0n) is 10.4. The molecule has 0 spiro atoms. The van der Waals surface area contributed by atoms with Crippen molar-refractivity contribution in [3.8, 4) is 5.75 Å². The summed E-state index contributed by atoms with van der Waals surface area (Å²) in [6.07, 6.45) is 0. The van der Waals surface area contributed by atoms with Gasteiger partial charge in [-0.05, 0) is 18.2 Å². The van der Waals surface area contributed by atoms with Crippen molar-refractivity contribution in [3.05, 3.63) is 42.1 Å². The first-order valence-electron chi connectivity index (χ1n) is 5.18. The first-order chi connectivity index (χ1) is 8.56. The van der Waals surface area contributed by atoms with Gasteiger partial charge in [0.1, 0.15) is 11.4 Å². The molecule has 5 heteroatoms. The van der Waals surface area contributed by atoms with E-state index < -0.39 is 5.91 Å². The summed E-state index contributed by atoms with van der Waals surface area (Å²) in [6.45, 7) is 6.00. The molecule has 0 unspecified atom stereocenters. The molecule has 0 aliphatic rings. The van der Waals surface area contributed by atoms with Gasteiger partial charge >= 0.3 is 0 Å². The van der Waals surface area contributed by atoms with E-state index in [-0.39, 0.29) is 0 Å². The van der Waals surface area contributed by atoms with Gasteiger partial charge in [-0.25, -0.2) is 0 Å². The van der Waals surface area contributed by atoms with Crippen LogP contribution in [0.25, 0.3) is 10.9 Å². The lowest BCUT2D eigenvalue weighted by Crippen LogP contribution is -2.14. The Morgan fingerprint density at radius 2 is 2.06 bits per heavy atom. The largest absolute Gasteiger partial charge is 0.495 e. The van der Waals surface area contributed by atoms with Crippen LogP contribution in [0, 0.1) is 0 Å². The predicted molar refractivity (Wildman–Crippen MR) is 74.3 cm³/mol. The molecule has 0 saturated carbocycles. The number of amides is 1. The van der Waals surface area contributed by atoms with Crippen LogP contribution in [0.3, 0.4) is 0 Å². The smallest absolute Gasteiger partial charge is 0.265 e. The summed E-state index contributed by atoms with van der Waals surface area (Å²) >= 11 is 6.14. The summed E-state index contributed by atoms with van der Waals surface area (Å²) in [4.78, 5) is 11.2. The second-order valence-corrected chi connectivity index (χ2v) is 3.85. The van der Waals surface area contributed by atoms with Gasteiger partial charge in [0.2, 0.25) is 0 Å². The molecule has 2 rings (SSSR count). The van der Waals surface area contributed by atoms with E-state index >= 15 is 0 Å². The van der Waals surface area contributed by atoms with Crippen LogP contribution < -0.4 is 10.5 Å². The van der Waals surface area contributed by atoms with Crippen molar-refractivity contribution in [1.82, 2.24) is 4.57 Å². The number of carbonyl (C=O) groups excluding carboxylic acids is 1. The SMILES string of the molecule is C=C.COc1ccc2c(cc(C(N)=O)n2C)c1Cl. The molecule has 0 aliphatic carbocycles. The number of benzene rings is 1. The van der Waals surface area contributed by atoms with E-state index in [2.05, 4.69) is 13.2 Å². The van der Waals surface area contributed by atoms with Crippen molar-refractivity contribution in [1.29, 1.82) is 0 Å². The molecule has 0 saturated heterocycles. The molecule has 2 aromatic rings. The number of nitrogens with two attached hydrogens (primary N) is 1. The lowest BCUT2D eigenvalue weighted by molar-refractivity contribution is 0.0993. The molecule has 0 aliphatic heterocycles. The molecule has 1 aromatic heterocycles. The van der Waals surface area contributed by atoms with Gasteiger partial charge in [0.25, 0.3) is 5.91 Å². The molecular formula is C13H15ClN2O2. The number of hydrogen-bond donors (Lipinski definition) is 1. The number of nitrogens with zero attached hydrogens (tertiary/aromatic N) is 1. The molecule has 1 heterocycles. The highest BCUT2D eigenvalue weighted by molar-refractivity contribution is 6.37. The summed E-state index contributed by atoms with van der Waals surface area (Å²) < 4.78 is 6.82. The predicted octanol–water partition coefficient (Wildman–Crippen LogP) is 2.74. The fourth-order valence-electron chi connectivity index (χ4n) is 1.75. The van der Waals surface area contributed by atoms with Gasteiger partial charge in [-0.2, -0.15) is 0 Å². The molecule has 0 radical (unpaired) electrons. The molecule has 0 atom stereocenters. The van der Waals surface area contributed by atoms with Gasteiger partial charge in [0, 0.05) is 12.4 Å². The molecule has 4 nitrogen and oxygen atoms in total. The van der Waals surface area contributed by atoms with Crippen LogP contribution in [0.4, 0.5) is 0 Å². The molecule has 2 N–H and O–H groups in total. The van der Waals surface area contributed by atoms with Gasteiger partial charge < -0.3 is 15.0 Å². The second-order valence-electron chi connectivity index (χ2n) is 3.47. The van der Waals surface area contributed by atoms with Crippen molar-refractivity contribution in [3.63, 3.8) is 0 Å². The number of rotatable bonds is 2. The third-order valence-corrected chi connectivity index (χ3v) is 2.99. The number of hydrogen-bond acceptors (Lipinski definition) is 2. The molecule has 0 bridgehead atoms. The van der Waals surface area contributed by atoms with Gasteiger partial charge in [-0.1, -0.05) is 11.6 Å². The Labute approximate surface area is 111 Å². The second kappa shape index (κ2) is 5.60. The quantitative estimate of drug-likeness (QED) is 0.850. The maximum absolute atomic E-state index is 11.2. The van der Waals surface area contributed by atoms with Gasteiger partial charge in [0.15, 0.2) is 0 Å². The highest BCUT2D eigenvalue weighted by atomic mass is 35.5. The van der Waals surface area contributed by atoms with Crippen molar-refractivity contribution in [2.24, 2.45) is 12.8 Å². The number of aryl methyl sites for hydroxylation is 1. The Bertz CT molecular complexity index is 590. The third-order valence-electron chi connectivity index (χ3n) is 2.60. The van der Waals surface area contributed by atoms with Crippen molar-refractivity contribution in [2.45, 2.75) is 0 Å². The minimum Gasteiger partial charge on any atom is -0.495 e. The zero-order valence-corrected chi connectivity index (χ0v) is 11.1. The van der Waals surface area contributed by atoms with E-state index in [0.717, 1.165) is 10.9 Å². The zero-order chi connectivity index (χ0) is 13.9. The topological polar surface area (TPSA) is 57.2 Å². The Morgan fingerprint density at radius 3 is 2.56 bits per heavy atom. The van der Waals surface area contributed by atoms with Gasteiger partial charge in [-0.15, -0.1) is 13.2 Å². The van der Waals surface area contributed by atoms with Crippen molar-refractivity contribution >= 4 is 28.4 Å². The summed E-state index contributed by atoms with van der Waals surface area (Å²) in [5.74, 6) is 0.101. The van der Waals surface area contributed by atoms with E-state index in [1.54, 1.807) is 30.9 Å². The summed E-state index contributed by atoms with van der Waals surface area (Å²) in [5.41, 5.74) is 6.53. The highest BCUT2D eigenvalue weighted by Gasteiger charge is 2.14. The lowest BCUT2D eigenvalue weighted by Gasteiger charge is -2.04. The van der Waals surface area contributed by atoms with Crippen LogP contribution in [0.15, 0.2) is 31.4 Å². The third kappa shape index (κ3) is 2.19. The first-order valence-corrected chi connectivity index (χ1v) is 5.55. The Morgan fingerprint density at radius 1 is 1.44 bits per heavy atom. The van der Waals surface area contributed by atoms with Gasteiger partial charge in [0.05, 0.1) is 17.6 Å². The number of fused-ring (bicyclic) bond motifs is 1. The van der Waals surface area contributed by atoms with Crippen LogP contribution in [-0.4, -0.2) is 17.6 Å². The Kier molecular flexibility index (Phi) is 4.39. The molecule has 1 aromatic carbocycles. The molecule has 18 heavy (non-hydrogen) atoms. The molecule has 1 amide bonds. The Balaban J connectivity index is 0.000000771. The normalized spacial score (nSPS) is 9.72. The highest BCUT2D eigenvalue weighted by Crippen LogP contribution is 2.33. The van der Waals surface area contributed by atoms with Crippen LogP contribution in [-0.2, 0) is 7.05 Å². The van der Waals surface area contributed by atoms with E-state index in [1.807, 2.05) is 6.07 Å². The number of primary amides is 1. The first kappa shape index (κ1) is 14.1. The van der Waals surface area contributed by atoms with Crippen molar-refractivity contribution in [2.75, 3.05) is 7.11 Å². The average Bonchev–Trinajstić information content (AvgIpc) is 2.71. The molecule has 0 fully saturated rings. The fraction of sp³-hybridized carbons (Fsp3) is 0.154. The van der Waals surface area contributed by atoms with E-state index in [9.17, 15) is 4.79 Å². The number of methoxy groups -OCH3 is 1. The standard InChI is InChI=1S/C11H11ClN2O2.C2H4/c1-14-7-3-4-9(16-2)10(12)6(7)5-8(14)11(13)15;1-2/h3-5H,1-2H3,(H2,13,15);1-2H2. The van der Waals surface area contributed by atoms with Crippen molar-refractivity contribution < 1.29 is 9.53 Å². The monoisotopic (exact) mass is 266 g/mol. The number of ether oxygens (including phenoxy) is 1. The molecular weight excluding hydrogens is 252 g/mol.